The fourth-order valence-corrected chi connectivity index (χ4v) is 4.52. The maximum atomic E-state index is 11.4. The van der Waals surface area contributed by atoms with E-state index in [4.69, 9.17) is 14.2 Å². The second-order valence-electron chi connectivity index (χ2n) is 8.48. The van der Waals surface area contributed by atoms with Crippen LogP contribution in [0.1, 0.15) is 53.3 Å². The van der Waals surface area contributed by atoms with E-state index < -0.39 is 18.2 Å². The van der Waals surface area contributed by atoms with E-state index in [9.17, 15) is 15.0 Å². The summed E-state index contributed by atoms with van der Waals surface area (Å²) in [4.78, 5) is 15.7. The first-order valence-corrected chi connectivity index (χ1v) is 11.2. The van der Waals surface area contributed by atoms with Crippen molar-refractivity contribution in [3.63, 3.8) is 0 Å². The summed E-state index contributed by atoms with van der Waals surface area (Å²) in [6.07, 6.45) is 4.45. The Morgan fingerprint density at radius 1 is 1.15 bits per heavy atom. The summed E-state index contributed by atoms with van der Waals surface area (Å²) >= 11 is 0. The first kappa shape index (κ1) is 23.1. The van der Waals surface area contributed by atoms with Crippen molar-refractivity contribution in [1.82, 2.24) is 9.55 Å². The van der Waals surface area contributed by atoms with E-state index in [0.29, 0.717) is 29.1 Å². The van der Waals surface area contributed by atoms with Crippen molar-refractivity contribution < 1.29 is 29.2 Å². The maximum absolute atomic E-state index is 11.4. The molecule has 1 saturated carbocycles. The van der Waals surface area contributed by atoms with Crippen molar-refractivity contribution in [1.29, 1.82) is 0 Å². The van der Waals surface area contributed by atoms with Gasteiger partial charge in [-0.3, -0.25) is 0 Å². The predicted octanol–water partition coefficient (Wildman–Crippen LogP) is 4.12. The first-order chi connectivity index (χ1) is 15.9. The highest BCUT2D eigenvalue weighted by molar-refractivity contribution is 5.92. The fraction of sp³-hybridized carbons (Fsp3) is 0.440. The molecule has 0 saturated heterocycles. The number of benzene rings is 2. The Kier molecular flexibility index (Phi) is 6.85. The third-order valence-corrected chi connectivity index (χ3v) is 6.38. The maximum Gasteiger partial charge on any atom is 0.335 e. The second-order valence-corrected chi connectivity index (χ2v) is 8.48. The number of aromatic nitrogens is 2. The van der Waals surface area contributed by atoms with Crippen molar-refractivity contribution in [2.75, 3.05) is 14.2 Å². The van der Waals surface area contributed by atoms with Gasteiger partial charge in [0.15, 0.2) is 0 Å². The van der Waals surface area contributed by atoms with E-state index in [-0.39, 0.29) is 11.7 Å². The minimum atomic E-state index is -0.994. The molecule has 2 atom stereocenters. The zero-order chi connectivity index (χ0) is 23.5. The Bertz CT molecular complexity index is 1110. The van der Waals surface area contributed by atoms with Gasteiger partial charge in [0.25, 0.3) is 0 Å². The molecule has 1 aliphatic rings. The van der Waals surface area contributed by atoms with Crippen LogP contribution in [0.3, 0.4) is 0 Å². The number of hydrogen-bond acceptors (Lipinski definition) is 6. The Morgan fingerprint density at radius 3 is 2.42 bits per heavy atom. The van der Waals surface area contributed by atoms with Crippen LogP contribution < -0.4 is 9.47 Å². The molecular formula is C25H30N2O6. The molecule has 0 amide bonds. The van der Waals surface area contributed by atoms with Crippen LogP contribution >= 0.6 is 0 Å². The molecule has 33 heavy (non-hydrogen) atoms. The number of ether oxygens (including phenoxy) is 3. The van der Waals surface area contributed by atoms with E-state index in [2.05, 4.69) is 4.98 Å². The number of methoxy groups -OCH3 is 2. The zero-order valence-electron chi connectivity index (χ0n) is 19.2. The van der Waals surface area contributed by atoms with Crippen LogP contribution in [0.15, 0.2) is 36.7 Å². The fourth-order valence-electron chi connectivity index (χ4n) is 4.52. The molecule has 2 N–H and O–H groups in total. The SMILES string of the molecule is COc1cc([C@@H](O)[C@H](Cn2cnc3cc(C(=O)O)ccc32)OC2CCCC2)cc(OC)c1C. The summed E-state index contributed by atoms with van der Waals surface area (Å²) in [6, 6.07) is 8.48. The number of carboxylic acid groups (broad SMARTS) is 1. The lowest BCUT2D eigenvalue weighted by atomic mass is 10.0. The van der Waals surface area contributed by atoms with E-state index in [0.717, 1.165) is 36.8 Å². The second kappa shape index (κ2) is 9.80. The molecule has 0 spiro atoms. The number of imidazole rings is 1. The first-order valence-electron chi connectivity index (χ1n) is 11.2. The van der Waals surface area contributed by atoms with Gasteiger partial charge >= 0.3 is 5.97 Å². The van der Waals surface area contributed by atoms with Crippen LogP contribution in [0.25, 0.3) is 11.0 Å². The van der Waals surface area contributed by atoms with E-state index in [1.54, 1.807) is 38.7 Å². The number of fused-ring (bicyclic) bond motifs is 1. The van der Waals surface area contributed by atoms with E-state index in [1.165, 1.54) is 0 Å². The molecule has 8 nitrogen and oxygen atoms in total. The summed E-state index contributed by atoms with van der Waals surface area (Å²) in [5.74, 6) is 0.279. The third-order valence-electron chi connectivity index (χ3n) is 6.38. The molecule has 3 aromatic rings. The van der Waals surface area contributed by atoms with E-state index >= 15 is 0 Å². The number of carboxylic acids is 1. The summed E-state index contributed by atoms with van der Waals surface area (Å²) in [5, 5.41) is 20.7. The number of hydrogen-bond donors (Lipinski definition) is 2. The lowest BCUT2D eigenvalue weighted by Crippen LogP contribution is -2.31. The molecule has 8 heteroatoms. The number of aliphatic hydroxyl groups excluding tert-OH is 1. The van der Waals surface area contributed by atoms with Gasteiger partial charge in [-0.2, -0.15) is 0 Å². The number of aliphatic hydroxyl groups is 1. The number of aromatic carboxylic acids is 1. The molecule has 0 radical (unpaired) electrons. The predicted molar refractivity (Wildman–Crippen MR) is 123 cm³/mol. The molecule has 1 aliphatic carbocycles. The minimum Gasteiger partial charge on any atom is -0.496 e. The van der Waals surface area contributed by atoms with Gasteiger partial charge in [0.1, 0.15) is 23.7 Å². The van der Waals surface area contributed by atoms with Gasteiger partial charge in [0, 0.05) is 5.56 Å². The highest BCUT2D eigenvalue weighted by Crippen LogP contribution is 2.35. The molecular weight excluding hydrogens is 424 g/mol. The van der Waals surface area contributed by atoms with Gasteiger partial charge in [-0.15, -0.1) is 0 Å². The average molecular weight is 455 g/mol. The van der Waals surface area contributed by atoms with Crippen molar-refractivity contribution >= 4 is 17.0 Å². The zero-order valence-corrected chi connectivity index (χ0v) is 19.2. The smallest absolute Gasteiger partial charge is 0.335 e. The van der Waals surface area contributed by atoms with Crippen LogP contribution in [0.5, 0.6) is 11.5 Å². The Balaban J connectivity index is 1.67. The standard InChI is InChI=1S/C25H30N2O6/c1-15-21(31-2)11-17(12-22(15)32-3)24(28)23(33-18-6-4-5-7-18)13-27-14-26-19-10-16(25(29)30)8-9-20(19)27/h8-12,14,18,23-24,28H,4-7,13H2,1-3H3,(H,29,30)/t23-,24+/m0/s1. The van der Waals surface area contributed by atoms with Gasteiger partial charge in [-0.05, 0) is 55.7 Å². The third kappa shape index (κ3) is 4.82. The molecule has 0 aliphatic heterocycles. The average Bonchev–Trinajstić information content (AvgIpc) is 3.48. The molecule has 1 fully saturated rings. The summed E-state index contributed by atoms with van der Waals surface area (Å²) in [5.41, 5.74) is 3.06. The molecule has 2 aromatic carbocycles. The van der Waals surface area contributed by atoms with Gasteiger partial charge in [-0.25, -0.2) is 9.78 Å². The van der Waals surface area contributed by atoms with Crippen LogP contribution in [0.2, 0.25) is 0 Å². The summed E-state index contributed by atoms with van der Waals surface area (Å²) in [6.45, 7) is 2.27. The summed E-state index contributed by atoms with van der Waals surface area (Å²) in [7, 11) is 3.18. The lowest BCUT2D eigenvalue weighted by Gasteiger charge is -2.28. The molecule has 0 bridgehead atoms. The lowest BCUT2D eigenvalue weighted by molar-refractivity contribution is -0.0828. The molecule has 4 rings (SSSR count). The van der Waals surface area contributed by atoms with E-state index in [1.807, 2.05) is 23.6 Å². The van der Waals surface area contributed by atoms with Crippen molar-refractivity contribution in [3.05, 3.63) is 53.3 Å². The van der Waals surface area contributed by atoms with Crippen molar-refractivity contribution in [2.24, 2.45) is 0 Å². The van der Waals surface area contributed by atoms with Gasteiger partial charge in [0.2, 0.25) is 0 Å². The molecule has 1 heterocycles. The van der Waals surface area contributed by atoms with Gasteiger partial charge in [-0.1, -0.05) is 12.8 Å². The number of rotatable bonds is 9. The van der Waals surface area contributed by atoms with Crippen molar-refractivity contribution in [3.8, 4) is 11.5 Å². The van der Waals surface area contributed by atoms with Crippen molar-refractivity contribution in [2.45, 2.75) is 57.5 Å². The largest absolute Gasteiger partial charge is 0.496 e. The topological polar surface area (TPSA) is 103 Å². The Morgan fingerprint density at radius 2 is 1.82 bits per heavy atom. The van der Waals surface area contributed by atoms with Gasteiger partial charge < -0.3 is 29.0 Å². The molecule has 0 unspecified atom stereocenters. The molecule has 176 valence electrons. The van der Waals surface area contributed by atoms with Crippen LogP contribution in [-0.2, 0) is 11.3 Å². The quantitative estimate of drug-likeness (QED) is 0.501. The number of carbonyl (C=O) groups is 1. The summed E-state index contributed by atoms with van der Waals surface area (Å²) < 4.78 is 19.3. The molecule has 1 aromatic heterocycles. The highest BCUT2D eigenvalue weighted by atomic mass is 16.5. The minimum absolute atomic E-state index is 0.0901. The highest BCUT2D eigenvalue weighted by Gasteiger charge is 2.29. The monoisotopic (exact) mass is 454 g/mol. The number of nitrogens with zero attached hydrogens (tertiary/aromatic N) is 2. The van der Waals surface area contributed by atoms with Crippen LogP contribution in [0.4, 0.5) is 0 Å². The van der Waals surface area contributed by atoms with Gasteiger partial charge in [0.05, 0.1) is 49.8 Å². The van der Waals surface area contributed by atoms with Crippen LogP contribution in [0, 0.1) is 6.92 Å². The van der Waals surface area contributed by atoms with Crippen LogP contribution in [-0.4, -0.2) is 52.2 Å². The Labute approximate surface area is 192 Å². The Hall–Kier alpha value is -3.10. The normalized spacial score (nSPS) is 16.1.